The van der Waals surface area contributed by atoms with Crippen LogP contribution in [-0.2, 0) is 0 Å². The fourth-order valence-corrected chi connectivity index (χ4v) is 0.905. The van der Waals surface area contributed by atoms with Gasteiger partial charge in [0.2, 0.25) is 0 Å². The van der Waals surface area contributed by atoms with Crippen molar-refractivity contribution in [2.45, 2.75) is 20.3 Å². The minimum atomic E-state index is 1.05. The van der Waals surface area contributed by atoms with Crippen molar-refractivity contribution in [1.82, 2.24) is 4.98 Å². The van der Waals surface area contributed by atoms with Crippen molar-refractivity contribution < 1.29 is 0 Å². The number of aromatic nitrogens is 1. The van der Waals surface area contributed by atoms with Crippen LogP contribution < -0.4 is 0 Å². The summed E-state index contributed by atoms with van der Waals surface area (Å²) in [5.41, 5.74) is 2.37. The lowest BCUT2D eigenvalue weighted by atomic mass is 10.1. The summed E-state index contributed by atoms with van der Waals surface area (Å²) in [7, 11) is 0. The summed E-state index contributed by atoms with van der Waals surface area (Å²) in [5, 5.41) is 0. The van der Waals surface area contributed by atoms with E-state index in [1.807, 2.05) is 12.3 Å². The van der Waals surface area contributed by atoms with Crippen LogP contribution in [0.2, 0.25) is 0 Å². The third-order valence-corrected chi connectivity index (χ3v) is 1.45. The van der Waals surface area contributed by atoms with E-state index in [9.17, 15) is 0 Å². The molecule has 0 atom stereocenters. The normalized spacial score (nSPS) is 9.80. The number of rotatable bonds is 2. The molecule has 0 aliphatic rings. The lowest BCUT2D eigenvalue weighted by Gasteiger charge is -1.99. The minimum Gasteiger partial charge on any atom is -0.261 e. The number of hydrogen-bond donors (Lipinski definition) is 0. The quantitative estimate of drug-likeness (QED) is 0.605. The summed E-state index contributed by atoms with van der Waals surface area (Å²) in [4.78, 5) is 4.21. The van der Waals surface area contributed by atoms with Gasteiger partial charge in [-0.05, 0) is 25.0 Å². The Morgan fingerprint density at radius 1 is 1.60 bits per heavy atom. The molecule has 0 amide bonds. The van der Waals surface area contributed by atoms with Crippen LogP contribution in [0.25, 0.3) is 0 Å². The zero-order chi connectivity index (χ0) is 7.40. The van der Waals surface area contributed by atoms with Crippen LogP contribution in [0, 0.1) is 13.3 Å². The van der Waals surface area contributed by atoms with Gasteiger partial charge in [-0.3, -0.25) is 4.98 Å². The van der Waals surface area contributed by atoms with Gasteiger partial charge in [-0.2, -0.15) is 0 Å². The molecule has 1 aromatic heterocycles. The molecule has 0 aliphatic heterocycles. The first-order valence-corrected chi connectivity index (χ1v) is 3.59. The van der Waals surface area contributed by atoms with Gasteiger partial charge in [-0.1, -0.05) is 13.0 Å². The van der Waals surface area contributed by atoms with E-state index in [1.54, 1.807) is 0 Å². The van der Waals surface area contributed by atoms with Gasteiger partial charge >= 0.3 is 0 Å². The largest absolute Gasteiger partial charge is 0.261 e. The molecule has 1 heteroatoms. The maximum atomic E-state index is 4.21. The van der Waals surface area contributed by atoms with Crippen LogP contribution in [0.1, 0.15) is 24.6 Å². The monoisotopic (exact) mass is 134 g/mol. The third kappa shape index (κ3) is 1.56. The Kier molecular flexibility index (Phi) is 2.43. The highest BCUT2D eigenvalue weighted by Gasteiger charge is 1.94. The molecule has 1 radical (unpaired) electrons. The lowest BCUT2D eigenvalue weighted by Crippen LogP contribution is -1.88. The first-order valence-electron chi connectivity index (χ1n) is 3.59. The van der Waals surface area contributed by atoms with E-state index in [-0.39, 0.29) is 0 Å². The SMILES string of the molecule is CC[CH]c1ncccc1C. The maximum absolute atomic E-state index is 4.21. The van der Waals surface area contributed by atoms with Gasteiger partial charge in [0.05, 0.1) is 0 Å². The van der Waals surface area contributed by atoms with Crippen LogP contribution in [-0.4, -0.2) is 4.98 Å². The Morgan fingerprint density at radius 2 is 2.40 bits per heavy atom. The van der Waals surface area contributed by atoms with Crippen LogP contribution in [0.3, 0.4) is 0 Å². The van der Waals surface area contributed by atoms with Crippen molar-refractivity contribution in [2.24, 2.45) is 0 Å². The fraction of sp³-hybridized carbons (Fsp3) is 0.333. The number of nitrogens with zero attached hydrogens (tertiary/aromatic N) is 1. The van der Waals surface area contributed by atoms with Gasteiger partial charge in [0, 0.05) is 18.3 Å². The summed E-state index contributed by atoms with van der Waals surface area (Å²) in [6.07, 6.45) is 5.02. The van der Waals surface area contributed by atoms with Gasteiger partial charge in [0.15, 0.2) is 0 Å². The Bertz CT molecular complexity index is 206. The van der Waals surface area contributed by atoms with Gasteiger partial charge in [-0.15, -0.1) is 0 Å². The second-order valence-electron chi connectivity index (χ2n) is 2.32. The molecule has 0 saturated carbocycles. The smallest absolute Gasteiger partial charge is 0.0470 e. The highest BCUT2D eigenvalue weighted by Crippen LogP contribution is 2.06. The number of hydrogen-bond acceptors (Lipinski definition) is 1. The van der Waals surface area contributed by atoms with E-state index in [4.69, 9.17) is 0 Å². The van der Waals surface area contributed by atoms with Crippen molar-refractivity contribution in [1.29, 1.82) is 0 Å². The lowest BCUT2D eigenvalue weighted by molar-refractivity contribution is 1.05. The summed E-state index contributed by atoms with van der Waals surface area (Å²) in [5.74, 6) is 0. The molecular formula is C9H12N. The molecule has 0 fully saturated rings. The second-order valence-corrected chi connectivity index (χ2v) is 2.32. The van der Waals surface area contributed by atoms with Crippen molar-refractivity contribution in [3.63, 3.8) is 0 Å². The molecule has 0 bridgehead atoms. The van der Waals surface area contributed by atoms with E-state index in [0.717, 1.165) is 12.1 Å². The Morgan fingerprint density at radius 3 is 3.00 bits per heavy atom. The Labute approximate surface area is 62.1 Å². The average molecular weight is 134 g/mol. The molecule has 1 heterocycles. The van der Waals surface area contributed by atoms with E-state index in [0.29, 0.717) is 0 Å². The molecule has 0 unspecified atom stereocenters. The Balaban J connectivity index is 2.81. The molecule has 0 N–H and O–H groups in total. The summed E-state index contributed by atoms with van der Waals surface area (Å²) >= 11 is 0. The molecule has 1 nitrogen and oxygen atoms in total. The van der Waals surface area contributed by atoms with E-state index < -0.39 is 0 Å². The zero-order valence-corrected chi connectivity index (χ0v) is 6.46. The third-order valence-electron chi connectivity index (χ3n) is 1.45. The fourth-order valence-electron chi connectivity index (χ4n) is 0.905. The van der Waals surface area contributed by atoms with Crippen LogP contribution in [0.15, 0.2) is 18.3 Å². The van der Waals surface area contributed by atoms with Gasteiger partial charge < -0.3 is 0 Å². The molecule has 0 spiro atoms. The molecule has 0 aromatic carbocycles. The molecule has 1 rings (SSSR count). The molecule has 10 heavy (non-hydrogen) atoms. The molecular weight excluding hydrogens is 122 g/mol. The first kappa shape index (κ1) is 7.26. The van der Waals surface area contributed by atoms with Crippen molar-refractivity contribution in [3.8, 4) is 0 Å². The minimum absolute atomic E-state index is 1.05. The number of pyridine rings is 1. The summed E-state index contributed by atoms with van der Waals surface area (Å²) < 4.78 is 0. The molecule has 1 aromatic rings. The molecule has 0 aliphatic carbocycles. The van der Waals surface area contributed by atoms with Gasteiger partial charge in [-0.25, -0.2) is 0 Å². The predicted molar refractivity (Wildman–Crippen MR) is 42.7 cm³/mol. The number of aryl methyl sites for hydroxylation is 1. The topological polar surface area (TPSA) is 12.9 Å². The van der Waals surface area contributed by atoms with Crippen LogP contribution >= 0.6 is 0 Å². The molecule has 53 valence electrons. The van der Waals surface area contributed by atoms with Crippen molar-refractivity contribution in [3.05, 3.63) is 36.0 Å². The van der Waals surface area contributed by atoms with Gasteiger partial charge in [0.25, 0.3) is 0 Å². The highest BCUT2D eigenvalue weighted by molar-refractivity contribution is 5.23. The second kappa shape index (κ2) is 3.35. The first-order chi connectivity index (χ1) is 4.84. The van der Waals surface area contributed by atoms with Crippen molar-refractivity contribution in [2.75, 3.05) is 0 Å². The predicted octanol–water partition coefficient (Wildman–Crippen LogP) is 2.35. The van der Waals surface area contributed by atoms with Crippen molar-refractivity contribution >= 4 is 0 Å². The maximum Gasteiger partial charge on any atom is 0.0470 e. The van der Waals surface area contributed by atoms with Crippen LogP contribution in [0.5, 0.6) is 0 Å². The van der Waals surface area contributed by atoms with E-state index in [1.165, 1.54) is 5.56 Å². The Hall–Kier alpha value is -0.850. The van der Waals surface area contributed by atoms with E-state index in [2.05, 4.69) is 31.3 Å². The van der Waals surface area contributed by atoms with Crippen LogP contribution in [0.4, 0.5) is 0 Å². The zero-order valence-electron chi connectivity index (χ0n) is 6.46. The summed E-state index contributed by atoms with van der Waals surface area (Å²) in [6.45, 7) is 4.20. The standard InChI is InChI=1S/C9H12N/c1-3-5-9-8(2)6-4-7-10-9/h4-7H,3H2,1-2H3. The summed E-state index contributed by atoms with van der Waals surface area (Å²) in [6, 6.07) is 4.04. The molecule has 0 saturated heterocycles. The highest BCUT2D eigenvalue weighted by atomic mass is 14.7. The van der Waals surface area contributed by atoms with E-state index >= 15 is 0 Å². The van der Waals surface area contributed by atoms with Gasteiger partial charge in [0.1, 0.15) is 0 Å². The average Bonchev–Trinajstić information content (AvgIpc) is 1.94.